The SMILES string of the molecule is CC(=O)C(O)[C@H]1OC(O)(CC(=O)O)[C@@](O)(C(C)=O)[C@](O)(C(C)=O)[C@@H]1O[C@@H]1O[C@H](C(O)C(C)=O)[C@@](O)(C(C)=O)[C@@](O)(C(C)=O)[C@]1(O)C(C)=O. The summed E-state index contributed by atoms with van der Waals surface area (Å²) in [6, 6.07) is 0. The zero-order valence-electron chi connectivity index (χ0n) is 26.7. The van der Waals surface area contributed by atoms with Crippen LogP contribution >= 0.6 is 0 Å². The molecule has 0 amide bonds. The summed E-state index contributed by atoms with van der Waals surface area (Å²) in [5.41, 5.74) is -20.3. The highest BCUT2D eigenvalue weighted by molar-refractivity contribution is 6.06. The molecule has 3 unspecified atom stereocenters. The van der Waals surface area contributed by atoms with Gasteiger partial charge in [0.05, 0.1) is 0 Å². The van der Waals surface area contributed by atoms with Gasteiger partial charge in [-0.25, -0.2) is 0 Å². The molecule has 2 heterocycles. The van der Waals surface area contributed by atoms with Crippen molar-refractivity contribution in [3.63, 3.8) is 0 Å². The summed E-state index contributed by atoms with van der Waals surface area (Å²) in [5, 5.41) is 101. The van der Waals surface area contributed by atoms with Crippen LogP contribution in [0.3, 0.4) is 0 Å². The number of rotatable bonds is 13. The number of carboxylic acids is 1. The summed E-state index contributed by atoms with van der Waals surface area (Å²) in [4.78, 5) is 102. The van der Waals surface area contributed by atoms with E-state index in [1.807, 2.05) is 0 Å². The van der Waals surface area contributed by atoms with Crippen molar-refractivity contribution in [2.24, 2.45) is 0 Å². The third-order valence-corrected chi connectivity index (χ3v) is 9.01. The molecule has 9 N–H and O–H groups in total. The highest BCUT2D eigenvalue weighted by Crippen LogP contribution is 2.52. The number of hydrogen-bond acceptors (Lipinski definition) is 19. The van der Waals surface area contributed by atoms with Gasteiger partial charge in [0.15, 0.2) is 58.0 Å². The third kappa shape index (κ3) is 5.28. The molecule has 0 bridgehead atoms. The Kier molecular flexibility index (Phi) is 11.0. The molecule has 0 aliphatic carbocycles. The van der Waals surface area contributed by atoms with Crippen molar-refractivity contribution in [3.8, 4) is 0 Å². The molecule has 2 fully saturated rings. The number of ketones is 7. The Morgan fingerprint density at radius 1 is 0.625 bits per heavy atom. The maximum Gasteiger partial charge on any atom is 0.308 e. The standard InChI is InChI=1S/C28H38O20/c1-9(29)17(38)19-21(25(42,12(4)32)27(44,14(6)34)23(40,48-19)8-16(36)37)47-22-26(43,13(5)33)28(45,15(7)35)24(41,11(3)31)20(46-22)18(39)10(2)30/h17-22,38-45H,8H2,1-7H3,(H,36,37)/t17?,18?,19-,20-,21-,22+,23?,24+,25+,26+,27+,28+/m1/s1. The van der Waals surface area contributed by atoms with Crippen LogP contribution in [-0.2, 0) is 52.6 Å². The number of carbonyl (C=O) groups excluding carboxylic acids is 7. The zero-order valence-corrected chi connectivity index (χ0v) is 26.7. The van der Waals surface area contributed by atoms with E-state index in [-0.39, 0.29) is 0 Å². The molecule has 0 spiro atoms. The number of carbonyl (C=O) groups is 8. The van der Waals surface area contributed by atoms with Crippen molar-refractivity contribution in [1.82, 2.24) is 0 Å². The highest BCUT2D eigenvalue weighted by Gasteiger charge is 2.82. The van der Waals surface area contributed by atoms with Crippen LogP contribution in [0, 0.1) is 0 Å². The van der Waals surface area contributed by atoms with E-state index in [2.05, 4.69) is 0 Å². The van der Waals surface area contributed by atoms with Crippen LogP contribution in [-0.4, -0.2) is 163 Å². The van der Waals surface area contributed by atoms with E-state index < -0.39 is 123 Å². The molecular formula is C28H38O20. The third-order valence-electron chi connectivity index (χ3n) is 9.01. The Hall–Kier alpha value is -3.28. The van der Waals surface area contributed by atoms with Crippen LogP contribution in [0.5, 0.6) is 0 Å². The number of aliphatic carboxylic acids is 1. The molecule has 48 heavy (non-hydrogen) atoms. The molecule has 0 radical (unpaired) electrons. The average Bonchev–Trinajstić information content (AvgIpc) is 2.95. The van der Waals surface area contributed by atoms with Gasteiger partial charge in [-0.2, -0.15) is 0 Å². The second-order valence-electron chi connectivity index (χ2n) is 12.0. The lowest BCUT2D eigenvalue weighted by molar-refractivity contribution is -0.431. The van der Waals surface area contributed by atoms with Crippen LogP contribution in [0.15, 0.2) is 0 Å². The lowest BCUT2D eigenvalue weighted by Crippen LogP contribution is -2.89. The minimum atomic E-state index is -4.15. The molecule has 0 aromatic heterocycles. The van der Waals surface area contributed by atoms with Gasteiger partial charge in [0, 0.05) is 0 Å². The number of ether oxygens (including phenoxy) is 3. The molecule has 2 aliphatic heterocycles. The molecule has 20 heteroatoms. The van der Waals surface area contributed by atoms with Crippen molar-refractivity contribution in [2.75, 3.05) is 0 Å². The van der Waals surface area contributed by atoms with Gasteiger partial charge < -0.3 is 60.2 Å². The minimum Gasteiger partial charge on any atom is -0.481 e. The maximum absolute atomic E-state index is 13.2. The van der Waals surface area contributed by atoms with Crippen LogP contribution in [0.25, 0.3) is 0 Å². The Morgan fingerprint density at radius 3 is 1.38 bits per heavy atom. The van der Waals surface area contributed by atoms with E-state index in [1.54, 1.807) is 0 Å². The summed E-state index contributed by atoms with van der Waals surface area (Å²) in [5.74, 6) is -17.5. The fraction of sp³-hybridized carbons (Fsp3) is 0.714. The van der Waals surface area contributed by atoms with E-state index >= 15 is 0 Å². The largest absolute Gasteiger partial charge is 0.481 e. The van der Waals surface area contributed by atoms with E-state index in [9.17, 15) is 84.3 Å². The van der Waals surface area contributed by atoms with Gasteiger partial charge in [-0.1, -0.05) is 0 Å². The molecule has 0 saturated carbocycles. The lowest BCUT2D eigenvalue weighted by atomic mass is 9.60. The van der Waals surface area contributed by atoms with Gasteiger partial charge in [0.1, 0.15) is 36.9 Å². The predicted molar refractivity (Wildman–Crippen MR) is 147 cm³/mol. The summed E-state index contributed by atoms with van der Waals surface area (Å²) < 4.78 is 15.9. The Morgan fingerprint density at radius 2 is 1.04 bits per heavy atom. The molecule has 2 aliphatic rings. The topological polar surface area (TPSA) is 346 Å². The molecule has 2 rings (SSSR count). The second-order valence-corrected chi connectivity index (χ2v) is 12.0. The molecule has 0 aromatic carbocycles. The van der Waals surface area contributed by atoms with E-state index in [1.165, 1.54) is 0 Å². The summed E-state index contributed by atoms with van der Waals surface area (Å²) in [7, 11) is 0. The van der Waals surface area contributed by atoms with Crippen molar-refractivity contribution in [2.45, 2.75) is 125 Å². The van der Waals surface area contributed by atoms with Gasteiger partial charge in [0.25, 0.3) is 0 Å². The molecule has 2 saturated heterocycles. The summed E-state index contributed by atoms with van der Waals surface area (Å²) in [6.45, 7) is 3.54. The first-order chi connectivity index (χ1) is 21.5. The average molecular weight is 695 g/mol. The second kappa shape index (κ2) is 12.9. The molecular weight excluding hydrogens is 656 g/mol. The fourth-order valence-corrected chi connectivity index (χ4v) is 6.31. The number of aliphatic hydroxyl groups is 8. The van der Waals surface area contributed by atoms with E-state index in [0.717, 1.165) is 0 Å². The van der Waals surface area contributed by atoms with Crippen LogP contribution in [0.4, 0.5) is 0 Å². The van der Waals surface area contributed by atoms with Gasteiger partial charge in [0.2, 0.25) is 22.6 Å². The van der Waals surface area contributed by atoms with Crippen molar-refractivity contribution in [1.29, 1.82) is 0 Å². The Labute approximate surface area is 270 Å². The predicted octanol–water partition coefficient (Wildman–Crippen LogP) is -5.84. The maximum atomic E-state index is 13.2. The summed E-state index contributed by atoms with van der Waals surface area (Å²) >= 11 is 0. The van der Waals surface area contributed by atoms with E-state index in [4.69, 9.17) is 14.2 Å². The van der Waals surface area contributed by atoms with Crippen LogP contribution in [0.2, 0.25) is 0 Å². The van der Waals surface area contributed by atoms with Gasteiger partial charge in [-0.05, 0) is 48.5 Å². The first-order valence-corrected chi connectivity index (χ1v) is 14.0. The molecule has 20 nitrogen and oxygen atoms in total. The van der Waals surface area contributed by atoms with Gasteiger partial charge in [-0.15, -0.1) is 0 Å². The van der Waals surface area contributed by atoms with Crippen LogP contribution < -0.4 is 0 Å². The summed E-state index contributed by atoms with van der Waals surface area (Å²) in [6.07, 6.45) is -19.1. The number of carboxylic acid groups (broad SMARTS) is 1. The van der Waals surface area contributed by atoms with Crippen molar-refractivity contribution >= 4 is 46.5 Å². The van der Waals surface area contributed by atoms with E-state index in [0.29, 0.717) is 48.5 Å². The molecule has 270 valence electrons. The first kappa shape index (κ1) is 40.9. The van der Waals surface area contributed by atoms with Crippen molar-refractivity contribution < 1.29 is 98.5 Å². The van der Waals surface area contributed by atoms with Crippen molar-refractivity contribution in [3.05, 3.63) is 0 Å². The van der Waals surface area contributed by atoms with Gasteiger partial charge in [-0.3, -0.25) is 38.4 Å². The fourth-order valence-electron chi connectivity index (χ4n) is 6.31. The number of Topliss-reactive ketones (excluding diaryl/α,β-unsaturated/α-hetero) is 7. The normalized spacial score (nSPS) is 41.1. The monoisotopic (exact) mass is 694 g/mol. The Bertz CT molecular complexity index is 1440. The number of hydrogen-bond donors (Lipinski definition) is 9. The van der Waals surface area contributed by atoms with Crippen LogP contribution in [0.1, 0.15) is 54.9 Å². The Balaban J connectivity index is 3.16. The smallest absolute Gasteiger partial charge is 0.308 e. The van der Waals surface area contributed by atoms with Gasteiger partial charge >= 0.3 is 5.97 Å². The molecule has 12 atom stereocenters. The quantitative estimate of drug-likeness (QED) is 0.0866. The zero-order chi connectivity index (χ0) is 37.9. The first-order valence-electron chi connectivity index (χ1n) is 14.0. The molecule has 0 aromatic rings. The highest BCUT2D eigenvalue weighted by atomic mass is 16.7. The minimum absolute atomic E-state index is 0.423. The lowest BCUT2D eigenvalue weighted by Gasteiger charge is -2.61. The number of aliphatic hydroxyl groups excluding tert-OH is 2.